The van der Waals surface area contributed by atoms with Gasteiger partial charge >= 0.3 is 6.09 Å². The number of nitrogens with zero attached hydrogens (tertiary/aromatic N) is 5. The Morgan fingerprint density at radius 2 is 1.94 bits per heavy atom. The van der Waals surface area contributed by atoms with Crippen molar-refractivity contribution in [3.05, 3.63) is 40.8 Å². The van der Waals surface area contributed by atoms with Gasteiger partial charge in [-0.05, 0) is 45.2 Å². The number of pyridine rings is 1. The van der Waals surface area contributed by atoms with E-state index >= 15 is 0 Å². The number of carbonyl (C=O) groups excluding carboxylic acids is 1. The number of ether oxygens (including phenoxy) is 2. The lowest BCUT2D eigenvalue weighted by Gasteiger charge is -2.38. The molecule has 1 amide bonds. The molecule has 0 aliphatic carbocycles. The summed E-state index contributed by atoms with van der Waals surface area (Å²) in [5.74, 6) is 0.522. The third kappa shape index (κ3) is 4.22. The van der Waals surface area contributed by atoms with Crippen LogP contribution in [0.1, 0.15) is 20.8 Å². The highest BCUT2D eigenvalue weighted by atomic mass is 32.2. The molecular formula is C23H27N5O4S. The van der Waals surface area contributed by atoms with Gasteiger partial charge in [0.2, 0.25) is 0 Å². The second kappa shape index (κ2) is 8.58. The second-order valence-electron chi connectivity index (χ2n) is 8.64. The van der Waals surface area contributed by atoms with E-state index in [0.717, 1.165) is 5.39 Å². The minimum Gasteiger partial charge on any atom is -0.494 e. The summed E-state index contributed by atoms with van der Waals surface area (Å²) in [6, 6.07) is 7.29. The predicted molar refractivity (Wildman–Crippen MR) is 130 cm³/mol. The van der Waals surface area contributed by atoms with Gasteiger partial charge in [-0.15, -0.1) is 0 Å². The van der Waals surface area contributed by atoms with Gasteiger partial charge in [0.25, 0.3) is 5.56 Å². The van der Waals surface area contributed by atoms with E-state index in [1.54, 1.807) is 37.4 Å². The van der Waals surface area contributed by atoms with Crippen LogP contribution in [0.4, 0.5) is 21.9 Å². The number of aryl methyl sites for hydroxylation is 1. The van der Waals surface area contributed by atoms with Crippen LogP contribution in [0.25, 0.3) is 11.0 Å². The highest BCUT2D eigenvalue weighted by Gasteiger charge is 2.34. The smallest absolute Gasteiger partial charge is 0.415 e. The number of hydrogen-bond donors (Lipinski definition) is 0. The molecule has 0 fully saturated rings. The maximum atomic E-state index is 13.4. The van der Waals surface area contributed by atoms with E-state index in [1.165, 1.54) is 16.3 Å². The lowest BCUT2D eigenvalue weighted by atomic mass is 10.1. The van der Waals surface area contributed by atoms with Crippen molar-refractivity contribution >= 4 is 46.0 Å². The number of benzene rings is 1. The van der Waals surface area contributed by atoms with Gasteiger partial charge in [-0.2, -0.15) is 0 Å². The number of aromatic nitrogens is 3. The van der Waals surface area contributed by atoms with E-state index in [-0.39, 0.29) is 5.56 Å². The molecule has 0 atom stereocenters. The lowest BCUT2D eigenvalue weighted by molar-refractivity contribution is 0.0579. The van der Waals surface area contributed by atoms with Gasteiger partial charge in [0.1, 0.15) is 28.4 Å². The third-order valence-electron chi connectivity index (χ3n) is 5.30. The summed E-state index contributed by atoms with van der Waals surface area (Å²) >= 11 is 1.42. The molecule has 1 aliphatic rings. The Labute approximate surface area is 196 Å². The van der Waals surface area contributed by atoms with E-state index in [0.29, 0.717) is 46.7 Å². The minimum atomic E-state index is -0.639. The average Bonchev–Trinajstić information content (AvgIpc) is 2.79. The standard InChI is InChI=1S/C23H27N5O4S/c1-23(2,3)32-22(30)28-11-10-27(15-8-7-9-17(31-5)18(15)28)16-12-14-13-24-21(33-6)25-19(14)26(4)20(16)29/h7-9,12-13H,10-11H2,1-6H3. The van der Waals surface area contributed by atoms with Gasteiger partial charge in [0, 0.05) is 31.7 Å². The zero-order valence-corrected chi connectivity index (χ0v) is 20.4. The summed E-state index contributed by atoms with van der Waals surface area (Å²) in [6.07, 6.45) is 3.15. The molecule has 3 heterocycles. The van der Waals surface area contributed by atoms with Gasteiger partial charge in [0.05, 0.1) is 12.8 Å². The molecule has 0 spiro atoms. The topological polar surface area (TPSA) is 89.8 Å². The maximum Gasteiger partial charge on any atom is 0.415 e. The van der Waals surface area contributed by atoms with Crippen molar-refractivity contribution in [2.24, 2.45) is 7.05 Å². The molecule has 0 radical (unpaired) electrons. The van der Waals surface area contributed by atoms with Crippen LogP contribution >= 0.6 is 11.8 Å². The van der Waals surface area contributed by atoms with Crippen molar-refractivity contribution in [2.45, 2.75) is 31.5 Å². The number of hydrogen-bond acceptors (Lipinski definition) is 8. The number of carbonyl (C=O) groups is 1. The van der Waals surface area contributed by atoms with E-state index in [2.05, 4.69) is 9.97 Å². The third-order valence-corrected chi connectivity index (χ3v) is 5.86. The van der Waals surface area contributed by atoms with Crippen LogP contribution in [0.3, 0.4) is 0 Å². The number of amides is 1. The van der Waals surface area contributed by atoms with Crippen LogP contribution in [0.15, 0.2) is 40.4 Å². The second-order valence-corrected chi connectivity index (χ2v) is 9.41. The molecular weight excluding hydrogens is 442 g/mol. The lowest BCUT2D eigenvalue weighted by Crippen LogP contribution is -2.46. The number of rotatable bonds is 3. The zero-order valence-electron chi connectivity index (χ0n) is 19.6. The molecule has 2 aromatic heterocycles. The fraction of sp³-hybridized carbons (Fsp3) is 0.391. The van der Waals surface area contributed by atoms with Gasteiger partial charge in [-0.25, -0.2) is 14.8 Å². The molecule has 0 N–H and O–H groups in total. The van der Waals surface area contributed by atoms with Crippen LogP contribution in [0, 0.1) is 0 Å². The predicted octanol–water partition coefficient (Wildman–Crippen LogP) is 3.95. The molecule has 33 heavy (non-hydrogen) atoms. The van der Waals surface area contributed by atoms with Crippen molar-refractivity contribution in [1.29, 1.82) is 0 Å². The van der Waals surface area contributed by atoms with Crippen molar-refractivity contribution in [2.75, 3.05) is 36.3 Å². The molecule has 174 valence electrons. The van der Waals surface area contributed by atoms with E-state index in [4.69, 9.17) is 9.47 Å². The quantitative estimate of drug-likeness (QED) is 0.421. The molecule has 1 aliphatic heterocycles. The molecule has 0 unspecified atom stereocenters. The minimum absolute atomic E-state index is 0.187. The Hall–Kier alpha value is -3.27. The number of para-hydroxylation sites is 1. The SMILES string of the molecule is COc1cccc2c1N(C(=O)OC(C)(C)C)CCN2c1cc2cnc(SC)nc2n(C)c1=O. The monoisotopic (exact) mass is 469 g/mol. The Morgan fingerprint density at radius 3 is 2.61 bits per heavy atom. The van der Waals surface area contributed by atoms with Crippen LogP contribution in [0.2, 0.25) is 0 Å². The van der Waals surface area contributed by atoms with Gasteiger partial charge in [-0.1, -0.05) is 17.8 Å². The summed E-state index contributed by atoms with van der Waals surface area (Å²) in [5.41, 5.74) is 1.47. The zero-order chi connectivity index (χ0) is 23.9. The first-order chi connectivity index (χ1) is 15.6. The van der Waals surface area contributed by atoms with Crippen LogP contribution < -0.4 is 20.1 Å². The van der Waals surface area contributed by atoms with E-state index < -0.39 is 11.7 Å². The maximum absolute atomic E-state index is 13.4. The highest BCUT2D eigenvalue weighted by Crippen LogP contribution is 2.43. The first kappa shape index (κ1) is 22.9. The summed E-state index contributed by atoms with van der Waals surface area (Å²) in [7, 11) is 3.26. The van der Waals surface area contributed by atoms with E-state index in [1.807, 2.05) is 44.1 Å². The summed E-state index contributed by atoms with van der Waals surface area (Å²) in [5, 5.41) is 1.36. The van der Waals surface area contributed by atoms with Crippen molar-refractivity contribution < 1.29 is 14.3 Å². The Bertz CT molecular complexity index is 1280. The van der Waals surface area contributed by atoms with Gasteiger partial charge in [0.15, 0.2) is 5.16 Å². The van der Waals surface area contributed by atoms with Gasteiger partial charge in [-0.3, -0.25) is 14.3 Å². The highest BCUT2D eigenvalue weighted by molar-refractivity contribution is 7.98. The first-order valence-corrected chi connectivity index (χ1v) is 11.7. The van der Waals surface area contributed by atoms with Crippen molar-refractivity contribution in [3.63, 3.8) is 0 Å². The number of fused-ring (bicyclic) bond motifs is 2. The molecule has 9 nitrogen and oxygen atoms in total. The van der Waals surface area contributed by atoms with Crippen LogP contribution in [0.5, 0.6) is 5.75 Å². The van der Waals surface area contributed by atoms with Crippen LogP contribution in [-0.2, 0) is 11.8 Å². The van der Waals surface area contributed by atoms with Crippen LogP contribution in [-0.4, -0.2) is 52.7 Å². The first-order valence-electron chi connectivity index (χ1n) is 10.5. The number of methoxy groups -OCH3 is 1. The molecule has 3 aromatic rings. The number of thioether (sulfide) groups is 1. The number of anilines is 3. The fourth-order valence-electron chi connectivity index (χ4n) is 3.85. The largest absolute Gasteiger partial charge is 0.494 e. The summed E-state index contributed by atoms with van der Waals surface area (Å²) in [4.78, 5) is 38.7. The Balaban J connectivity index is 1.86. The van der Waals surface area contributed by atoms with E-state index in [9.17, 15) is 9.59 Å². The summed E-state index contributed by atoms with van der Waals surface area (Å²) in [6.45, 7) is 6.21. The van der Waals surface area contributed by atoms with Gasteiger partial charge < -0.3 is 14.4 Å². The molecule has 0 saturated carbocycles. The van der Waals surface area contributed by atoms with Crippen molar-refractivity contribution in [1.82, 2.24) is 14.5 Å². The van der Waals surface area contributed by atoms with Crippen molar-refractivity contribution in [3.8, 4) is 5.75 Å². The molecule has 1 aromatic carbocycles. The molecule has 0 saturated heterocycles. The summed E-state index contributed by atoms with van der Waals surface area (Å²) < 4.78 is 12.7. The Kier molecular flexibility index (Phi) is 5.96. The molecule has 10 heteroatoms. The molecule has 0 bridgehead atoms. The normalized spacial score (nSPS) is 13.8. The fourth-order valence-corrected chi connectivity index (χ4v) is 4.19. The average molecular weight is 470 g/mol. The molecule has 4 rings (SSSR count). The Morgan fingerprint density at radius 1 is 1.18 bits per heavy atom.